The summed E-state index contributed by atoms with van der Waals surface area (Å²) < 4.78 is 0. The third kappa shape index (κ3) is 3.77. The van der Waals surface area contributed by atoms with Gasteiger partial charge in [-0.05, 0) is 31.0 Å². The van der Waals surface area contributed by atoms with E-state index in [1.165, 1.54) is 12.1 Å². The van der Waals surface area contributed by atoms with Crippen molar-refractivity contribution in [3.05, 3.63) is 39.9 Å². The maximum atomic E-state index is 12.0. The summed E-state index contributed by atoms with van der Waals surface area (Å²) in [6, 6.07) is 6.32. The molecule has 2 N–H and O–H groups in total. The molecule has 2 rings (SSSR count). The summed E-state index contributed by atoms with van der Waals surface area (Å²) in [5.41, 5.74) is 0.829. The van der Waals surface area contributed by atoms with Crippen LogP contribution in [-0.2, 0) is 11.2 Å². The Bertz CT molecular complexity index is 487. The molecule has 0 bridgehead atoms. The Balaban J connectivity index is 1.89. The van der Waals surface area contributed by atoms with Gasteiger partial charge in [0.15, 0.2) is 0 Å². The van der Waals surface area contributed by atoms with E-state index >= 15 is 0 Å². The lowest BCUT2D eigenvalue weighted by atomic mass is 9.95. The average molecular weight is 277 g/mol. The number of hydrogen-bond donors (Lipinski definition) is 2. The van der Waals surface area contributed by atoms with Crippen molar-refractivity contribution in [2.45, 2.75) is 25.8 Å². The quantitative estimate of drug-likeness (QED) is 0.641. The van der Waals surface area contributed by atoms with E-state index in [2.05, 4.69) is 17.6 Å². The molecular formula is C14H19N3O3. The van der Waals surface area contributed by atoms with Crippen LogP contribution in [0.5, 0.6) is 0 Å². The summed E-state index contributed by atoms with van der Waals surface area (Å²) in [7, 11) is 0. The zero-order valence-electron chi connectivity index (χ0n) is 11.5. The summed E-state index contributed by atoms with van der Waals surface area (Å²) in [4.78, 5) is 22.1. The number of nitrogens with one attached hydrogen (secondary N) is 2. The minimum absolute atomic E-state index is 0.0300. The second-order valence-electron chi connectivity index (χ2n) is 5.24. The fourth-order valence-corrected chi connectivity index (χ4v) is 2.41. The summed E-state index contributed by atoms with van der Waals surface area (Å²) >= 11 is 0. The fourth-order valence-electron chi connectivity index (χ4n) is 2.41. The third-order valence-corrected chi connectivity index (χ3v) is 3.64. The topological polar surface area (TPSA) is 84.3 Å². The van der Waals surface area contributed by atoms with Crippen molar-refractivity contribution in [2.24, 2.45) is 5.92 Å². The molecule has 0 saturated carbocycles. The Hall–Kier alpha value is -1.95. The molecule has 1 saturated heterocycles. The molecule has 0 aliphatic carbocycles. The van der Waals surface area contributed by atoms with Crippen molar-refractivity contribution in [2.75, 3.05) is 13.1 Å². The maximum Gasteiger partial charge on any atom is 0.269 e. The SMILES string of the molecule is CC1CNCCC1NC(=O)Cc1ccc([N+](=O)[O-])cc1. The highest BCUT2D eigenvalue weighted by molar-refractivity contribution is 5.79. The molecule has 1 fully saturated rings. The van der Waals surface area contributed by atoms with Gasteiger partial charge in [-0.2, -0.15) is 0 Å². The summed E-state index contributed by atoms with van der Waals surface area (Å²) in [6.07, 6.45) is 1.20. The normalized spacial score (nSPS) is 22.2. The number of non-ortho nitro benzene ring substituents is 1. The van der Waals surface area contributed by atoms with Crippen molar-refractivity contribution in [3.63, 3.8) is 0 Å². The van der Waals surface area contributed by atoms with Gasteiger partial charge in [0.1, 0.15) is 0 Å². The van der Waals surface area contributed by atoms with Crippen molar-refractivity contribution in [1.82, 2.24) is 10.6 Å². The van der Waals surface area contributed by atoms with E-state index in [0.29, 0.717) is 5.92 Å². The smallest absolute Gasteiger partial charge is 0.269 e. The highest BCUT2D eigenvalue weighted by Gasteiger charge is 2.22. The van der Waals surface area contributed by atoms with Gasteiger partial charge in [-0.25, -0.2) is 0 Å². The van der Waals surface area contributed by atoms with Gasteiger partial charge in [-0.1, -0.05) is 19.1 Å². The molecule has 2 unspecified atom stereocenters. The molecule has 108 valence electrons. The lowest BCUT2D eigenvalue weighted by molar-refractivity contribution is -0.384. The predicted octanol–water partition coefficient (Wildman–Crippen LogP) is 1.25. The Morgan fingerprint density at radius 2 is 2.15 bits per heavy atom. The van der Waals surface area contributed by atoms with Crippen LogP contribution < -0.4 is 10.6 Å². The van der Waals surface area contributed by atoms with Crippen LogP contribution in [0, 0.1) is 16.0 Å². The van der Waals surface area contributed by atoms with Crippen molar-refractivity contribution in [1.29, 1.82) is 0 Å². The number of nitrogens with zero attached hydrogens (tertiary/aromatic N) is 1. The minimum Gasteiger partial charge on any atom is -0.353 e. The molecule has 0 spiro atoms. The molecule has 0 radical (unpaired) electrons. The van der Waals surface area contributed by atoms with Gasteiger partial charge in [0.05, 0.1) is 11.3 Å². The monoisotopic (exact) mass is 277 g/mol. The zero-order valence-corrected chi connectivity index (χ0v) is 11.5. The van der Waals surface area contributed by atoms with Gasteiger partial charge >= 0.3 is 0 Å². The van der Waals surface area contributed by atoms with E-state index < -0.39 is 4.92 Å². The highest BCUT2D eigenvalue weighted by atomic mass is 16.6. The minimum atomic E-state index is -0.444. The molecule has 2 atom stereocenters. The van der Waals surface area contributed by atoms with Crippen LogP contribution in [0.3, 0.4) is 0 Å². The van der Waals surface area contributed by atoms with E-state index in [1.54, 1.807) is 12.1 Å². The first-order chi connectivity index (χ1) is 9.56. The third-order valence-electron chi connectivity index (χ3n) is 3.64. The first-order valence-corrected chi connectivity index (χ1v) is 6.79. The van der Waals surface area contributed by atoms with Crippen molar-refractivity contribution >= 4 is 11.6 Å². The van der Waals surface area contributed by atoms with Crippen LogP contribution in [0.2, 0.25) is 0 Å². The van der Waals surface area contributed by atoms with Crippen LogP contribution in [0.1, 0.15) is 18.9 Å². The lowest BCUT2D eigenvalue weighted by Gasteiger charge is -2.30. The number of hydrogen-bond acceptors (Lipinski definition) is 4. The zero-order chi connectivity index (χ0) is 14.5. The predicted molar refractivity (Wildman–Crippen MR) is 75.4 cm³/mol. The Morgan fingerprint density at radius 3 is 2.75 bits per heavy atom. The van der Waals surface area contributed by atoms with Gasteiger partial charge in [0.25, 0.3) is 5.69 Å². The van der Waals surface area contributed by atoms with E-state index in [0.717, 1.165) is 25.1 Å². The van der Waals surface area contributed by atoms with E-state index in [1.807, 2.05) is 0 Å². The number of nitro benzene ring substituents is 1. The fraction of sp³-hybridized carbons (Fsp3) is 0.500. The largest absolute Gasteiger partial charge is 0.353 e. The Kier molecular flexibility index (Phi) is 4.68. The lowest BCUT2D eigenvalue weighted by Crippen LogP contribution is -2.48. The molecule has 0 aromatic heterocycles. The Labute approximate surface area is 117 Å². The molecule has 1 amide bonds. The molecule has 6 nitrogen and oxygen atoms in total. The van der Waals surface area contributed by atoms with Crippen LogP contribution in [0.4, 0.5) is 5.69 Å². The molecular weight excluding hydrogens is 258 g/mol. The second kappa shape index (κ2) is 6.47. The van der Waals surface area contributed by atoms with Crippen LogP contribution in [0.25, 0.3) is 0 Å². The summed E-state index contributed by atoms with van der Waals surface area (Å²) in [5.74, 6) is 0.391. The molecule has 20 heavy (non-hydrogen) atoms. The standard InChI is InChI=1S/C14H19N3O3/c1-10-9-15-7-6-13(10)16-14(18)8-11-2-4-12(5-3-11)17(19)20/h2-5,10,13,15H,6-9H2,1H3,(H,16,18). The van der Waals surface area contributed by atoms with E-state index in [4.69, 9.17) is 0 Å². The van der Waals surface area contributed by atoms with Gasteiger partial charge in [-0.15, -0.1) is 0 Å². The number of rotatable bonds is 4. The van der Waals surface area contributed by atoms with E-state index in [-0.39, 0.29) is 24.1 Å². The Morgan fingerprint density at radius 1 is 1.45 bits per heavy atom. The van der Waals surface area contributed by atoms with Gasteiger partial charge in [0, 0.05) is 18.2 Å². The van der Waals surface area contributed by atoms with Crippen LogP contribution in [-0.4, -0.2) is 30.0 Å². The van der Waals surface area contributed by atoms with E-state index in [9.17, 15) is 14.9 Å². The number of benzene rings is 1. The van der Waals surface area contributed by atoms with Crippen molar-refractivity contribution in [3.8, 4) is 0 Å². The summed E-state index contributed by atoms with van der Waals surface area (Å²) in [6.45, 7) is 3.96. The first kappa shape index (κ1) is 14.5. The van der Waals surface area contributed by atoms with Gasteiger partial charge in [0.2, 0.25) is 5.91 Å². The maximum absolute atomic E-state index is 12.0. The molecule has 1 aliphatic heterocycles. The number of carbonyl (C=O) groups is 1. The van der Waals surface area contributed by atoms with Gasteiger partial charge < -0.3 is 10.6 Å². The van der Waals surface area contributed by atoms with Crippen LogP contribution >= 0.6 is 0 Å². The number of carbonyl (C=O) groups excluding carboxylic acids is 1. The first-order valence-electron chi connectivity index (χ1n) is 6.79. The molecule has 6 heteroatoms. The molecule has 1 aromatic rings. The number of amides is 1. The summed E-state index contributed by atoms with van der Waals surface area (Å²) in [5, 5.41) is 16.9. The van der Waals surface area contributed by atoms with Gasteiger partial charge in [-0.3, -0.25) is 14.9 Å². The number of nitro groups is 1. The average Bonchev–Trinajstić information content (AvgIpc) is 2.42. The second-order valence-corrected chi connectivity index (χ2v) is 5.24. The van der Waals surface area contributed by atoms with Crippen molar-refractivity contribution < 1.29 is 9.72 Å². The molecule has 1 heterocycles. The number of piperidine rings is 1. The van der Waals surface area contributed by atoms with Crippen LogP contribution in [0.15, 0.2) is 24.3 Å². The molecule has 1 aliphatic rings. The highest BCUT2D eigenvalue weighted by Crippen LogP contribution is 2.13. The molecule has 1 aromatic carbocycles.